The minimum absolute atomic E-state index is 0.00427. The van der Waals surface area contributed by atoms with Gasteiger partial charge in [0.1, 0.15) is 0 Å². The lowest BCUT2D eigenvalue weighted by atomic mass is 10.1. The maximum Gasteiger partial charge on any atom is 0.359 e. The molecular weight excluding hydrogens is 334 g/mol. The number of likely N-dealkylation sites (N-methyl/N-ethyl adjacent to an activating group) is 1. The SMILES string of the molecule is CCCn1nc(C(=O)OCC(=O)N(C)C(C)c2ccccc2)ccc1=O. The number of nitrogens with zero attached hydrogens (tertiary/aromatic N) is 3. The summed E-state index contributed by atoms with van der Waals surface area (Å²) in [5.41, 5.74) is 0.712. The van der Waals surface area contributed by atoms with Crippen molar-refractivity contribution in [3.63, 3.8) is 0 Å². The fraction of sp³-hybridized carbons (Fsp3) is 0.368. The summed E-state index contributed by atoms with van der Waals surface area (Å²) >= 11 is 0. The van der Waals surface area contributed by atoms with E-state index in [4.69, 9.17) is 4.74 Å². The fourth-order valence-corrected chi connectivity index (χ4v) is 2.40. The molecule has 1 unspecified atom stereocenters. The van der Waals surface area contributed by atoms with Gasteiger partial charge < -0.3 is 9.64 Å². The van der Waals surface area contributed by atoms with Crippen LogP contribution in [0.2, 0.25) is 0 Å². The van der Waals surface area contributed by atoms with E-state index in [9.17, 15) is 14.4 Å². The molecule has 2 aromatic rings. The minimum Gasteiger partial charge on any atom is -0.451 e. The number of aromatic nitrogens is 2. The highest BCUT2D eigenvalue weighted by molar-refractivity contribution is 5.89. The highest BCUT2D eigenvalue weighted by Crippen LogP contribution is 2.18. The third-order valence-corrected chi connectivity index (χ3v) is 4.09. The van der Waals surface area contributed by atoms with Gasteiger partial charge in [-0.1, -0.05) is 37.3 Å². The molecule has 0 bridgehead atoms. The Balaban J connectivity index is 1.97. The van der Waals surface area contributed by atoms with Crippen LogP contribution in [0.1, 0.15) is 42.4 Å². The van der Waals surface area contributed by atoms with Crippen molar-refractivity contribution in [3.8, 4) is 0 Å². The molecular formula is C19H23N3O4. The summed E-state index contributed by atoms with van der Waals surface area (Å²) in [6, 6.07) is 12.0. The van der Waals surface area contributed by atoms with Crippen LogP contribution in [-0.2, 0) is 16.1 Å². The van der Waals surface area contributed by atoms with Crippen molar-refractivity contribution < 1.29 is 14.3 Å². The van der Waals surface area contributed by atoms with Gasteiger partial charge in [-0.3, -0.25) is 9.59 Å². The van der Waals surface area contributed by atoms with E-state index in [0.29, 0.717) is 13.0 Å². The number of hydrogen-bond acceptors (Lipinski definition) is 5. The molecule has 26 heavy (non-hydrogen) atoms. The Labute approximate surface area is 152 Å². The number of ether oxygens (including phenoxy) is 1. The van der Waals surface area contributed by atoms with Crippen molar-refractivity contribution in [1.82, 2.24) is 14.7 Å². The van der Waals surface area contributed by atoms with Crippen LogP contribution in [0.5, 0.6) is 0 Å². The van der Waals surface area contributed by atoms with Crippen molar-refractivity contribution >= 4 is 11.9 Å². The van der Waals surface area contributed by atoms with Crippen LogP contribution in [0.15, 0.2) is 47.3 Å². The Morgan fingerprint density at radius 1 is 1.19 bits per heavy atom. The second kappa shape index (κ2) is 8.94. The Bertz CT molecular complexity index is 817. The van der Waals surface area contributed by atoms with Crippen LogP contribution in [-0.4, -0.2) is 40.2 Å². The van der Waals surface area contributed by atoms with Crippen molar-refractivity contribution in [1.29, 1.82) is 0 Å². The first-order chi connectivity index (χ1) is 12.4. The number of esters is 1. The van der Waals surface area contributed by atoms with Gasteiger partial charge in [0, 0.05) is 19.7 Å². The van der Waals surface area contributed by atoms with Crippen molar-refractivity contribution in [2.75, 3.05) is 13.7 Å². The normalized spacial score (nSPS) is 11.7. The highest BCUT2D eigenvalue weighted by atomic mass is 16.5. The summed E-state index contributed by atoms with van der Waals surface area (Å²) in [7, 11) is 1.66. The maximum atomic E-state index is 12.3. The standard InChI is InChI=1S/C19H23N3O4/c1-4-12-22-17(23)11-10-16(20-22)19(25)26-13-18(24)21(3)14(2)15-8-6-5-7-9-15/h5-11,14H,4,12-13H2,1-3H3. The molecule has 2 rings (SSSR count). The van der Waals surface area contributed by atoms with E-state index in [2.05, 4.69) is 5.10 Å². The number of rotatable bonds is 7. The summed E-state index contributed by atoms with van der Waals surface area (Å²) in [5.74, 6) is -1.06. The van der Waals surface area contributed by atoms with Crippen LogP contribution in [0, 0.1) is 0 Å². The lowest BCUT2D eigenvalue weighted by Crippen LogP contribution is -2.33. The lowest BCUT2D eigenvalue weighted by Gasteiger charge is -2.25. The summed E-state index contributed by atoms with van der Waals surface area (Å²) in [4.78, 5) is 37.6. The third-order valence-electron chi connectivity index (χ3n) is 4.09. The summed E-state index contributed by atoms with van der Waals surface area (Å²) in [6.45, 7) is 3.83. The molecule has 1 amide bonds. The van der Waals surface area contributed by atoms with Crippen molar-refractivity contribution in [3.05, 3.63) is 64.1 Å². The van der Waals surface area contributed by atoms with E-state index in [0.717, 1.165) is 5.56 Å². The zero-order valence-corrected chi connectivity index (χ0v) is 15.2. The number of amides is 1. The number of carbonyl (C=O) groups is 2. The monoisotopic (exact) mass is 357 g/mol. The molecule has 0 aliphatic carbocycles. The van der Waals surface area contributed by atoms with Gasteiger partial charge in [-0.15, -0.1) is 0 Å². The fourth-order valence-electron chi connectivity index (χ4n) is 2.40. The summed E-state index contributed by atoms with van der Waals surface area (Å²) in [5, 5.41) is 3.97. The van der Waals surface area contributed by atoms with E-state index in [1.54, 1.807) is 7.05 Å². The molecule has 0 fully saturated rings. The number of benzene rings is 1. The van der Waals surface area contributed by atoms with Gasteiger partial charge in [0.2, 0.25) is 0 Å². The summed E-state index contributed by atoms with van der Waals surface area (Å²) in [6.07, 6.45) is 0.714. The second-order valence-corrected chi connectivity index (χ2v) is 5.95. The molecule has 0 N–H and O–H groups in total. The molecule has 0 radical (unpaired) electrons. The van der Waals surface area contributed by atoms with Gasteiger partial charge in [-0.2, -0.15) is 5.10 Å². The average molecular weight is 357 g/mol. The van der Waals surface area contributed by atoms with E-state index in [1.165, 1.54) is 21.7 Å². The quantitative estimate of drug-likeness (QED) is 0.708. The molecule has 0 aliphatic rings. The predicted octanol–water partition coefficient (Wildman–Crippen LogP) is 2.03. The second-order valence-electron chi connectivity index (χ2n) is 5.95. The van der Waals surface area contributed by atoms with Crippen molar-refractivity contribution in [2.24, 2.45) is 0 Å². The first-order valence-corrected chi connectivity index (χ1v) is 8.50. The van der Waals surface area contributed by atoms with E-state index in [-0.39, 0.29) is 29.8 Å². The number of aryl methyl sites for hydroxylation is 1. The molecule has 0 spiro atoms. The molecule has 0 aliphatic heterocycles. The minimum atomic E-state index is -0.732. The lowest BCUT2D eigenvalue weighted by molar-refractivity contribution is -0.135. The van der Waals surface area contributed by atoms with E-state index in [1.807, 2.05) is 44.2 Å². The maximum absolute atomic E-state index is 12.3. The molecule has 1 heterocycles. The Kier molecular flexibility index (Phi) is 6.66. The van der Waals surface area contributed by atoms with Crippen LogP contribution in [0.25, 0.3) is 0 Å². The first-order valence-electron chi connectivity index (χ1n) is 8.50. The highest BCUT2D eigenvalue weighted by Gasteiger charge is 2.20. The zero-order chi connectivity index (χ0) is 19.1. The van der Waals surface area contributed by atoms with E-state index < -0.39 is 5.97 Å². The molecule has 0 saturated carbocycles. The topological polar surface area (TPSA) is 81.5 Å². The predicted molar refractivity (Wildman–Crippen MR) is 96.7 cm³/mol. The number of carbonyl (C=O) groups excluding carboxylic acids is 2. The summed E-state index contributed by atoms with van der Waals surface area (Å²) < 4.78 is 6.27. The molecule has 7 heteroatoms. The van der Waals surface area contributed by atoms with Gasteiger partial charge in [0.25, 0.3) is 11.5 Å². The Morgan fingerprint density at radius 3 is 2.54 bits per heavy atom. The first kappa shape index (κ1) is 19.4. The van der Waals surface area contributed by atoms with E-state index >= 15 is 0 Å². The van der Waals surface area contributed by atoms with Gasteiger partial charge >= 0.3 is 5.97 Å². The van der Waals surface area contributed by atoms with Crippen molar-refractivity contribution in [2.45, 2.75) is 32.9 Å². The third kappa shape index (κ3) is 4.78. The Hall–Kier alpha value is -2.96. The van der Waals surface area contributed by atoms with Crippen LogP contribution in [0.4, 0.5) is 0 Å². The average Bonchev–Trinajstić information content (AvgIpc) is 2.67. The molecule has 0 saturated heterocycles. The zero-order valence-electron chi connectivity index (χ0n) is 15.2. The van der Waals surface area contributed by atoms with Gasteiger partial charge in [0.15, 0.2) is 12.3 Å². The molecule has 1 aromatic heterocycles. The van der Waals surface area contributed by atoms with Gasteiger partial charge in [-0.25, -0.2) is 9.48 Å². The van der Waals surface area contributed by atoms with Gasteiger partial charge in [-0.05, 0) is 25.0 Å². The van der Waals surface area contributed by atoms with Gasteiger partial charge in [0.05, 0.1) is 6.04 Å². The molecule has 1 atom stereocenters. The molecule has 1 aromatic carbocycles. The smallest absolute Gasteiger partial charge is 0.359 e. The molecule has 138 valence electrons. The molecule has 7 nitrogen and oxygen atoms in total. The number of hydrogen-bond donors (Lipinski definition) is 0. The largest absolute Gasteiger partial charge is 0.451 e. The Morgan fingerprint density at radius 2 is 1.88 bits per heavy atom. The van der Waals surface area contributed by atoms with Crippen LogP contribution in [0.3, 0.4) is 0 Å². The van der Waals surface area contributed by atoms with Crippen LogP contribution < -0.4 is 5.56 Å². The van der Waals surface area contributed by atoms with Crippen LogP contribution >= 0.6 is 0 Å².